The van der Waals surface area contributed by atoms with E-state index < -0.39 is 11.7 Å². The van der Waals surface area contributed by atoms with Gasteiger partial charge in [-0.2, -0.15) is 18.0 Å². The van der Waals surface area contributed by atoms with Gasteiger partial charge in [-0.05, 0) is 29.8 Å². The fourth-order valence-electron chi connectivity index (χ4n) is 2.70. The Hall–Kier alpha value is -3.07. The van der Waals surface area contributed by atoms with Crippen molar-refractivity contribution >= 4 is 11.3 Å². The third-order valence-electron chi connectivity index (χ3n) is 4.15. The topological polar surface area (TPSA) is 56.5 Å². The molecule has 2 heterocycles. The number of hydrogen-bond donors (Lipinski definition) is 0. The molecule has 5 nitrogen and oxygen atoms in total. The minimum atomic E-state index is -4.35. The van der Waals surface area contributed by atoms with Gasteiger partial charge in [-0.3, -0.25) is 0 Å². The fourth-order valence-corrected chi connectivity index (χ4v) is 3.52. The lowest BCUT2D eigenvalue weighted by Crippen LogP contribution is -2.04. The maximum atomic E-state index is 12.7. The Morgan fingerprint density at radius 3 is 2.50 bits per heavy atom. The SMILES string of the molecule is Cc1ccccc1-c1nnn(Cc2csc(-c3ccc(C(F)(F)F)cc3)n2)n1. The summed E-state index contributed by atoms with van der Waals surface area (Å²) in [5, 5.41) is 15.0. The minimum Gasteiger partial charge on any atom is -0.239 e. The number of aryl methyl sites for hydroxylation is 1. The number of nitrogens with zero attached hydrogens (tertiary/aromatic N) is 5. The molecule has 4 aromatic rings. The van der Waals surface area contributed by atoms with E-state index in [4.69, 9.17) is 0 Å². The molecule has 2 aromatic heterocycles. The first kappa shape index (κ1) is 18.3. The van der Waals surface area contributed by atoms with Crippen LogP contribution < -0.4 is 0 Å². The van der Waals surface area contributed by atoms with Crippen molar-refractivity contribution in [3.63, 3.8) is 0 Å². The summed E-state index contributed by atoms with van der Waals surface area (Å²) in [6.07, 6.45) is -4.35. The summed E-state index contributed by atoms with van der Waals surface area (Å²) in [6, 6.07) is 12.7. The van der Waals surface area contributed by atoms with Crippen molar-refractivity contribution in [2.75, 3.05) is 0 Å². The summed E-state index contributed by atoms with van der Waals surface area (Å²) < 4.78 is 38.0. The Labute approximate surface area is 162 Å². The summed E-state index contributed by atoms with van der Waals surface area (Å²) >= 11 is 1.36. The first-order valence-electron chi connectivity index (χ1n) is 8.36. The van der Waals surface area contributed by atoms with Crippen molar-refractivity contribution in [1.82, 2.24) is 25.2 Å². The Morgan fingerprint density at radius 1 is 1.04 bits per heavy atom. The van der Waals surface area contributed by atoms with Crippen LogP contribution in [0.25, 0.3) is 22.0 Å². The highest BCUT2D eigenvalue weighted by Gasteiger charge is 2.30. The zero-order valence-corrected chi connectivity index (χ0v) is 15.5. The van der Waals surface area contributed by atoms with Crippen LogP contribution in [-0.2, 0) is 12.7 Å². The summed E-state index contributed by atoms with van der Waals surface area (Å²) in [5.41, 5.74) is 2.64. The second kappa shape index (κ2) is 7.16. The molecular formula is C19H14F3N5S. The number of benzene rings is 2. The van der Waals surface area contributed by atoms with Crippen LogP contribution in [0.15, 0.2) is 53.9 Å². The standard InChI is InChI=1S/C19H14F3N5S/c1-12-4-2-3-5-16(12)17-24-26-27(25-17)10-15-11-28-18(23-15)13-6-8-14(9-7-13)19(20,21)22/h2-9,11H,10H2,1H3. The van der Waals surface area contributed by atoms with E-state index in [2.05, 4.69) is 20.4 Å². The number of rotatable bonds is 4. The number of alkyl halides is 3. The second-order valence-electron chi connectivity index (χ2n) is 6.18. The van der Waals surface area contributed by atoms with Gasteiger partial charge in [0.1, 0.15) is 11.6 Å². The molecule has 2 aromatic carbocycles. The Bertz CT molecular complexity index is 1100. The first-order valence-corrected chi connectivity index (χ1v) is 9.24. The van der Waals surface area contributed by atoms with Gasteiger partial charge in [0.15, 0.2) is 0 Å². The van der Waals surface area contributed by atoms with Gasteiger partial charge in [-0.25, -0.2) is 4.98 Å². The van der Waals surface area contributed by atoms with Gasteiger partial charge in [0.25, 0.3) is 0 Å². The summed E-state index contributed by atoms with van der Waals surface area (Å²) in [5.74, 6) is 0.538. The molecule has 0 N–H and O–H groups in total. The third-order valence-corrected chi connectivity index (χ3v) is 5.09. The quantitative estimate of drug-likeness (QED) is 0.491. The van der Waals surface area contributed by atoms with Gasteiger partial charge < -0.3 is 0 Å². The largest absolute Gasteiger partial charge is 0.416 e. The molecule has 0 aliphatic rings. The average molecular weight is 401 g/mol. The van der Waals surface area contributed by atoms with E-state index in [1.165, 1.54) is 28.3 Å². The molecule has 0 bridgehead atoms. The lowest BCUT2D eigenvalue weighted by molar-refractivity contribution is -0.137. The highest BCUT2D eigenvalue weighted by Crippen LogP contribution is 2.31. The fraction of sp³-hybridized carbons (Fsp3) is 0.158. The molecule has 0 aliphatic heterocycles. The number of aromatic nitrogens is 5. The molecule has 0 aliphatic carbocycles. The van der Waals surface area contributed by atoms with E-state index >= 15 is 0 Å². The van der Waals surface area contributed by atoms with Crippen LogP contribution in [0.4, 0.5) is 13.2 Å². The molecular weight excluding hydrogens is 387 g/mol. The van der Waals surface area contributed by atoms with Gasteiger partial charge in [0, 0.05) is 16.5 Å². The van der Waals surface area contributed by atoms with Crippen molar-refractivity contribution in [3.05, 3.63) is 70.7 Å². The van der Waals surface area contributed by atoms with Crippen molar-refractivity contribution in [2.24, 2.45) is 0 Å². The number of thiazole rings is 1. The molecule has 0 amide bonds. The first-order chi connectivity index (χ1) is 13.4. The summed E-state index contributed by atoms with van der Waals surface area (Å²) in [7, 11) is 0. The normalized spacial score (nSPS) is 11.7. The van der Waals surface area contributed by atoms with Crippen molar-refractivity contribution in [1.29, 1.82) is 0 Å². The molecule has 0 spiro atoms. The molecule has 0 unspecified atom stereocenters. The van der Waals surface area contributed by atoms with E-state index in [9.17, 15) is 13.2 Å². The Kier molecular flexibility index (Phi) is 4.68. The molecule has 0 atom stereocenters. The van der Waals surface area contributed by atoms with Gasteiger partial charge in [0.05, 0.1) is 11.3 Å². The molecule has 28 heavy (non-hydrogen) atoms. The van der Waals surface area contributed by atoms with Crippen LogP contribution in [0.3, 0.4) is 0 Å². The molecule has 0 saturated heterocycles. The van der Waals surface area contributed by atoms with Crippen LogP contribution in [-0.4, -0.2) is 25.2 Å². The lowest BCUT2D eigenvalue weighted by Gasteiger charge is -2.06. The van der Waals surface area contributed by atoms with E-state index in [0.29, 0.717) is 28.6 Å². The van der Waals surface area contributed by atoms with Gasteiger partial charge in [-0.15, -0.1) is 21.5 Å². The maximum Gasteiger partial charge on any atom is 0.416 e. The molecule has 9 heteroatoms. The highest BCUT2D eigenvalue weighted by atomic mass is 32.1. The van der Waals surface area contributed by atoms with Gasteiger partial charge >= 0.3 is 6.18 Å². The predicted octanol–water partition coefficient (Wildman–Crippen LogP) is 4.84. The maximum absolute atomic E-state index is 12.7. The molecule has 0 fully saturated rings. The van der Waals surface area contributed by atoms with Crippen molar-refractivity contribution in [2.45, 2.75) is 19.6 Å². The monoisotopic (exact) mass is 401 g/mol. The Morgan fingerprint density at radius 2 is 1.79 bits per heavy atom. The lowest BCUT2D eigenvalue weighted by atomic mass is 10.1. The highest BCUT2D eigenvalue weighted by molar-refractivity contribution is 7.13. The summed E-state index contributed by atoms with van der Waals surface area (Å²) in [6.45, 7) is 2.31. The van der Waals surface area contributed by atoms with E-state index in [1.807, 2.05) is 36.6 Å². The smallest absolute Gasteiger partial charge is 0.239 e. The van der Waals surface area contributed by atoms with Crippen LogP contribution in [0.1, 0.15) is 16.8 Å². The molecule has 4 rings (SSSR count). The summed E-state index contributed by atoms with van der Waals surface area (Å²) in [4.78, 5) is 5.93. The molecule has 142 valence electrons. The van der Waals surface area contributed by atoms with Crippen molar-refractivity contribution < 1.29 is 13.2 Å². The number of tetrazole rings is 1. The number of halogens is 3. The van der Waals surface area contributed by atoms with Gasteiger partial charge in [0.2, 0.25) is 5.82 Å². The average Bonchev–Trinajstić information content (AvgIpc) is 3.32. The van der Waals surface area contributed by atoms with Crippen LogP contribution >= 0.6 is 11.3 Å². The molecule has 0 radical (unpaired) electrons. The Balaban J connectivity index is 1.51. The number of hydrogen-bond acceptors (Lipinski definition) is 5. The zero-order valence-electron chi connectivity index (χ0n) is 14.7. The molecule has 0 saturated carbocycles. The van der Waals surface area contributed by atoms with Crippen LogP contribution in [0.5, 0.6) is 0 Å². The predicted molar refractivity (Wildman–Crippen MR) is 99.6 cm³/mol. The van der Waals surface area contributed by atoms with E-state index in [1.54, 1.807) is 0 Å². The van der Waals surface area contributed by atoms with Crippen LogP contribution in [0, 0.1) is 6.92 Å². The van der Waals surface area contributed by atoms with Gasteiger partial charge in [-0.1, -0.05) is 36.4 Å². The zero-order chi connectivity index (χ0) is 19.7. The second-order valence-corrected chi connectivity index (χ2v) is 7.04. The third kappa shape index (κ3) is 3.79. The van der Waals surface area contributed by atoms with E-state index in [-0.39, 0.29) is 0 Å². The van der Waals surface area contributed by atoms with Crippen LogP contribution in [0.2, 0.25) is 0 Å². The van der Waals surface area contributed by atoms with E-state index in [0.717, 1.165) is 23.3 Å². The van der Waals surface area contributed by atoms with Crippen molar-refractivity contribution in [3.8, 4) is 22.0 Å². The minimum absolute atomic E-state index is 0.329.